The number of benzene rings is 1. The number of hydrogen-bond acceptors (Lipinski definition) is 3. The smallest absolute Gasteiger partial charge is 0.193 e. The molecule has 0 amide bonds. The fourth-order valence-corrected chi connectivity index (χ4v) is 2.32. The Bertz CT molecular complexity index is 446. The molecule has 0 radical (unpaired) electrons. The quantitative estimate of drug-likeness (QED) is 0.899. The fraction of sp³-hybridized carbons (Fsp3) is 0.562. The molecule has 1 heterocycles. The number of aliphatic imine (C=N–C) groups is 1. The first-order valence-electron chi connectivity index (χ1n) is 7.12. The van der Waals surface area contributed by atoms with Crippen molar-refractivity contribution in [3.05, 3.63) is 35.4 Å². The van der Waals surface area contributed by atoms with Gasteiger partial charge in [-0.3, -0.25) is 4.99 Å². The molecule has 0 aliphatic carbocycles. The third-order valence-corrected chi connectivity index (χ3v) is 3.89. The van der Waals surface area contributed by atoms with E-state index in [9.17, 15) is 0 Å². The highest BCUT2D eigenvalue weighted by atomic mass is 15.3. The van der Waals surface area contributed by atoms with Crippen LogP contribution in [-0.4, -0.2) is 37.5 Å². The molecule has 0 aromatic heterocycles. The first kappa shape index (κ1) is 13.9. The molecule has 1 aliphatic rings. The maximum Gasteiger partial charge on any atom is 0.193 e. The maximum atomic E-state index is 4.47. The van der Waals surface area contributed by atoms with E-state index in [0.717, 1.165) is 32.0 Å². The van der Waals surface area contributed by atoms with E-state index in [4.69, 9.17) is 0 Å². The van der Waals surface area contributed by atoms with Gasteiger partial charge in [0.05, 0.1) is 6.54 Å². The van der Waals surface area contributed by atoms with E-state index in [1.165, 1.54) is 11.1 Å². The standard InChI is InChI=1S/C16H25N3/c1-5-13-6-8-14(9-7-13)16(2,3)12-18-15-17-10-11-19(15)4/h6-9H,5,10-12H2,1-4H3,(H,17,18). The van der Waals surface area contributed by atoms with E-state index in [1.54, 1.807) is 0 Å². The summed E-state index contributed by atoms with van der Waals surface area (Å²) in [7, 11) is 2.09. The molecular formula is C16H25N3. The second-order valence-electron chi connectivity index (χ2n) is 5.91. The van der Waals surface area contributed by atoms with Crippen LogP contribution in [0, 0.1) is 0 Å². The minimum absolute atomic E-state index is 0.109. The van der Waals surface area contributed by atoms with Crippen LogP contribution in [0.4, 0.5) is 0 Å². The van der Waals surface area contributed by atoms with Crippen LogP contribution < -0.4 is 5.32 Å². The van der Waals surface area contributed by atoms with Gasteiger partial charge in [-0.05, 0) is 17.5 Å². The highest BCUT2D eigenvalue weighted by Gasteiger charge is 2.22. The number of aryl methyl sites for hydroxylation is 1. The van der Waals surface area contributed by atoms with Crippen molar-refractivity contribution in [1.82, 2.24) is 10.2 Å². The number of guanidine groups is 1. The number of nitrogens with one attached hydrogen (secondary N) is 1. The number of hydrogen-bond donors (Lipinski definition) is 1. The van der Waals surface area contributed by atoms with Gasteiger partial charge in [-0.2, -0.15) is 0 Å². The summed E-state index contributed by atoms with van der Waals surface area (Å²) < 4.78 is 0. The topological polar surface area (TPSA) is 27.6 Å². The lowest BCUT2D eigenvalue weighted by Gasteiger charge is -2.27. The highest BCUT2D eigenvalue weighted by molar-refractivity contribution is 5.81. The van der Waals surface area contributed by atoms with Gasteiger partial charge in [0.25, 0.3) is 0 Å². The Kier molecular flexibility index (Phi) is 4.13. The summed E-state index contributed by atoms with van der Waals surface area (Å²) in [5.41, 5.74) is 2.88. The zero-order valence-electron chi connectivity index (χ0n) is 12.5. The molecule has 0 atom stereocenters. The SMILES string of the molecule is CCc1ccc(C(C)(C)CNC2=NCCN2C)cc1. The molecule has 1 aliphatic heterocycles. The Morgan fingerprint density at radius 2 is 1.95 bits per heavy atom. The van der Waals surface area contributed by atoms with Gasteiger partial charge in [-0.15, -0.1) is 0 Å². The molecule has 0 fully saturated rings. The van der Waals surface area contributed by atoms with Crippen LogP contribution in [0.15, 0.2) is 29.3 Å². The van der Waals surface area contributed by atoms with Crippen molar-refractivity contribution in [1.29, 1.82) is 0 Å². The zero-order valence-corrected chi connectivity index (χ0v) is 12.5. The molecular weight excluding hydrogens is 234 g/mol. The third kappa shape index (κ3) is 3.28. The third-order valence-electron chi connectivity index (χ3n) is 3.89. The highest BCUT2D eigenvalue weighted by Crippen LogP contribution is 2.23. The first-order valence-corrected chi connectivity index (χ1v) is 7.12. The fourth-order valence-electron chi connectivity index (χ4n) is 2.32. The molecule has 0 spiro atoms. The minimum Gasteiger partial charge on any atom is -0.355 e. The summed E-state index contributed by atoms with van der Waals surface area (Å²) in [4.78, 5) is 6.65. The van der Waals surface area contributed by atoms with Crippen molar-refractivity contribution >= 4 is 5.96 Å². The van der Waals surface area contributed by atoms with E-state index in [-0.39, 0.29) is 5.41 Å². The summed E-state index contributed by atoms with van der Waals surface area (Å²) in [6.45, 7) is 9.57. The summed E-state index contributed by atoms with van der Waals surface area (Å²) in [5.74, 6) is 1.03. The largest absolute Gasteiger partial charge is 0.355 e. The lowest BCUT2D eigenvalue weighted by Crippen LogP contribution is -2.42. The summed E-state index contributed by atoms with van der Waals surface area (Å²) in [5, 5.41) is 3.47. The van der Waals surface area contributed by atoms with E-state index in [2.05, 4.69) is 67.3 Å². The molecule has 3 nitrogen and oxygen atoms in total. The van der Waals surface area contributed by atoms with Crippen LogP contribution in [0.25, 0.3) is 0 Å². The molecule has 1 aromatic rings. The molecule has 1 N–H and O–H groups in total. The van der Waals surface area contributed by atoms with Gasteiger partial charge in [0.15, 0.2) is 5.96 Å². The van der Waals surface area contributed by atoms with E-state index < -0.39 is 0 Å². The molecule has 19 heavy (non-hydrogen) atoms. The van der Waals surface area contributed by atoms with Gasteiger partial charge >= 0.3 is 0 Å². The predicted octanol–water partition coefficient (Wildman–Crippen LogP) is 2.42. The first-order chi connectivity index (χ1) is 9.03. The van der Waals surface area contributed by atoms with Gasteiger partial charge in [0, 0.05) is 25.6 Å². The molecule has 0 bridgehead atoms. The van der Waals surface area contributed by atoms with Crippen LogP contribution in [-0.2, 0) is 11.8 Å². The van der Waals surface area contributed by atoms with Crippen LogP contribution in [0.5, 0.6) is 0 Å². The molecule has 0 saturated carbocycles. The van der Waals surface area contributed by atoms with Gasteiger partial charge in [0.2, 0.25) is 0 Å². The Balaban J connectivity index is 2.00. The average molecular weight is 259 g/mol. The Labute approximate surface area is 116 Å². The Hall–Kier alpha value is -1.51. The van der Waals surface area contributed by atoms with E-state index >= 15 is 0 Å². The maximum absolute atomic E-state index is 4.47. The van der Waals surface area contributed by atoms with Crippen LogP contribution in [0.1, 0.15) is 31.9 Å². The van der Waals surface area contributed by atoms with Gasteiger partial charge in [-0.25, -0.2) is 0 Å². The Morgan fingerprint density at radius 3 is 2.47 bits per heavy atom. The van der Waals surface area contributed by atoms with Gasteiger partial charge in [0.1, 0.15) is 0 Å². The van der Waals surface area contributed by atoms with Gasteiger partial charge in [-0.1, -0.05) is 45.0 Å². The minimum atomic E-state index is 0.109. The van der Waals surface area contributed by atoms with Crippen molar-refractivity contribution in [2.75, 3.05) is 26.7 Å². The summed E-state index contributed by atoms with van der Waals surface area (Å²) in [6, 6.07) is 8.97. The van der Waals surface area contributed by atoms with E-state index in [0.29, 0.717) is 0 Å². The van der Waals surface area contributed by atoms with Crippen molar-refractivity contribution in [3.8, 4) is 0 Å². The number of rotatable bonds is 4. The molecule has 1 aromatic carbocycles. The van der Waals surface area contributed by atoms with Crippen molar-refractivity contribution in [2.24, 2.45) is 4.99 Å². The Morgan fingerprint density at radius 1 is 1.26 bits per heavy atom. The lowest BCUT2D eigenvalue weighted by molar-refractivity contribution is 0.480. The predicted molar refractivity (Wildman–Crippen MR) is 81.8 cm³/mol. The lowest BCUT2D eigenvalue weighted by atomic mass is 9.84. The van der Waals surface area contributed by atoms with Crippen LogP contribution in [0.3, 0.4) is 0 Å². The molecule has 3 heteroatoms. The molecule has 104 valence electrons. The van der Waals surface area contributed by atoms with Crippen molar-refractivity contribution in [3.63, 3.8) is 0 Å². The summed E-state index contributed by atoms with van der Waals surface area (Å²) >= 11 is 0. The molecule has 0 unspecified atom stereocenters. The summed E-state index contributed by atoms with van der Waals surface area (Å²) in [6.07, 6.45) is 1.10. The average Bonchev–Trinajstić information content (AvgIpc) is 2.82. The molecule has 0 saturated heterocycles. The van der Waals surface area contributed by atoms with Crippen LogP contribution in [0.2, 0.25) is 0 Å². The van der Waals surface area contributed by atoms with Gasteiger partial charge < -0.3 is 10.2 Å². The number of nitrogens with zero attached hydrogens (tertiary/aromatic N) is 2. The number of likely N-dealkylation sites (N-methyl/N-ethyl adjacent to an activating group) is 1. The van der Waals surface area contributed by atoms with Crippen LogP contribution >= 0.6 is 0 Å². The van der Waals surface area contributed by atoms with Crippen molar-refractivity contribution in [2.45, 2.75) is 32.6 Å². The van der Waals surface area contributed by atoms with Crippen molar-refractivity contribution < 1.29 is 0 Å². The zero-order chi connectivity index (χ0) is 13.9. The second kappa shape index (κ2) is 5.64. The van der Waals surface area contributed by atoms with E-state index in [1.807, 2.05) is 0 Å². The normalized spacial score (nSPS) is 15.6. The monoisotopic (exact) mass is 259 g/mol. The second-order valence-corrected chi connectivity index (χ2v) is 5.91. The molecule has 2 rings (SSSR count).